The van der Waals surface area contributed by atoms with Gasteiger partial charge >= 0.3 is 0 Å². The van der Waals surface area contributed by atoms with E-state index in [1.807, 2.05) is 49.2 Å². The van der Waals surface area contributed by atoms with E-state index in [0.29, 0.717) is 36.5 Å². The molecule has 1 atom stereocenters. The largest absolute Gasteiger partial charge is 0.325 e. The maximum atomic E-state index is 13.3. The summed E-state index contributed by atoms with van der Waals surface area (Å²) in [6.07, 6.45) is 5.85. The molecule has 1 aliphatic carbocycles. The number of aryl methyl sites for hydroxylation is 1. The lowest BCUT2D eigenvalue weighted by Crippen LogP contribution is -2.52. The summed E-state index contributed by atoms with van der Waals surface area (Å²) in [7, 11) is 0. The van der Waals surface area contributed by atoms with E-state index in [9.17, 15) is 4.79 Å². The number of H-pyrrole nitrogens is 2. The van der Waals surface area contributed by atoms with E-state index in [0.717, 1.165) is 29.1 Å². The van der Waals surface area contributed by atoms with Gasteiger partial charge in [0.1, 0.15) is 11.1 Å². The SMILES string of the molecule is Cc1cc(NC(=O)[C@]2(C)CCCN2c2nc(Nc3cc(C4CC4)[nH]n3)c3cccn3n2)n[nH]1. The second-order valence-electron chi connectivity index (χ2n) is 9.13. The Labute approximate surface area is 190 Å². The zero-order valence-corrected chi connectivity index (χ0v) is 18.6. The molecular formula is C22H26N10O. The summed E-state index contributed by atoms with van der Waals surface area (Å²) in [5.41, 5.74) is 2.08. The first-order chi connectivity index (χ1) is 16.0. The van der Waals surface area contributed by atoms with Gasteiger partial charge in [0.25, 0.3) is 5.91 Å². The van der Waals surface area contributed by atoms with Crippen molar-refractivity contribution in [1.82, 2.24) is 35.0 Å². The number of nitrogens with zero attached hydrogens (tertiary/aromatic N) is 6. The molecule has 4 N–H and O–H groups in total. The lowest BCUT2D eigenvalue weighted by Gasteiger charge is -2.33. The van der Waals surface area contributed by atoms with E-state index in [1.54, 1.807) is 4.52 Å². The molecule has 6 rings (SSSR count). The average Bonchev–Trinajstić information content (AvgIpc) is 3.17. The van der Waals surface area contributed by atoms with E-state index in [2.05, 4.69) is 31.0 Å². The molecule has 0 aromatic carbocycles. The van der Waals surface area contributed by atoms with Crippen LogP contribution in [-0.2, 0) is 4.79 Å². The van der Waals surface area contributed by atoms with Crippen LogP contribution in [0.15, 0.2) is 30.5 Å². The summed E-state index contributed by atoms with van der Waals surface area (Å²) < 4.78 is 1.78. The van der Waals surface area contributed by atoms with Crippen LogP contribution in [0.5, 0.6) is 0 Å². The molecule has 0 spiro atoms. The molecule has 1 saturated heterocycles. The molecule has 0 unspecified atom stereocenters. The van der Waals surface area contributed by atoms with Crippen LogP contribution in [0.1, 0.15) is 49.9 Å². The maximum Gasteiger partial charge on any atom is 0.251 e. The van der Waals surface area contributed by atoms with E-state index < -0.39 is 5.54 Å². The van der Waals surface area contributed by atoms with Crippen LogP contribution in [-0.4, -0.2) is 53.0 Å². The number of amides is 1. The molecule has 2 aliphatic rings. The number of anilines is 4. The first-order valence-corrected chi connectivity index (χ1v) is 11.3. The summed E-state index contributed by atoms with van der Waals surface area (Å²) in [6.45, 7) is 4.51. The first kappa shape index (κ1) is 19.8. The van der Waals surface area contributed by atoms with Crippen molar-refractivity contribution in [3.8, 4) is 0 Å². The quantitative estimate of drug-likeness (QED) is 0.358. The molecule has 1 amide bonds. The van der Waals surface area contributed by atoms with Gasteiger partial charge in [-0.2, -0.15) is 15.2 Å². The van der Waals surface area contributed by atoms with Crippen molar-refractivity contribution in [2.45, 2.75) is 51.0 Å². The van der Waals surface area contributed by atoms with Gasteiger partial charge in [-0.15, -0.1) is 5.10 Å². The summed E-state index contributed by atoms with van der Waals surface area (Å²) in [5.74, 6) is 2.84. The summed E-state index contributed by atoms with van der Waals surface area (Å²) in [5, 5.41) is 25.5. The second-order valence-corrected chi connectivity index (χ2v) is 9.13. The highest BCUT2D eigenvalue weighted by Crippen LogP contribution is 2.40. The van der Waals surface area contributed by atoms with E-state index in [-0.39, 0.29) is 5.91 Å². The molecular weight excluding hydrogens is 420 g/mol. The minimum atomic E-state index is -0.795. The van der Waals surface area contributed by atoms with Crippen molar-refractivity contribution in [2.24, 2.45) is 0 Å². The van der Waals surface area contributed by atoms with Crippen molar-refractivity contribution in [3.63, 3.8) is 0 Å². The molecule has 11 heteroatoms. The third-order valence-corrected chi connectivity index (χ3v) is 6.56. The van der Waals surface area contributed by atoms with Gasteiger partial charge in [-0.05, 0) is 51.7 Å². The number of carbonyl (C=O) groups is 1. The van der Waals surface area contributed by atoms with Gasteiger partial charge in [-0.25, -0.2) is 4.52 Å². The van der Waals surface area contributed by atoms with Gasteiger partial charge < -0.3 is 15.5 Å². The van der Waals surface area contributed by atoms with Gasteiger partial charge in [0.05, 0.1) is 0 Å². The second kappa shape index (κ2) is 7.32. The Morgan fingerprint density at radius 2 is 2.06 bits per heavy atom. The highest BCUT2D eigenvalue weighted by molar-refractivity contribution is 5.99. The lowest BCUT2D eigenvalue weighted by atomic mass is 9.98. The number of carbonyl (C=O) groups excluding carboxylic acids is 1. The van der Waals surface area contributed by atoms with E-state index in [4.69, 9.17) is 10.1 Å². The predicted octanol–water partition coefficient (Wildman–Crippen LogP) is 3.10. The number of aromatic amines is 2. The van der Waals surface area contributed by atoms with Crippen LogP contribution >= 0.6 is 0 Å². The molecule has 0 radical (unpaired) electrons. The third kappa shape index (κ3) is 3.49. The zero-order valence-electron chi connectivity index (χ0n) is 18.6. The van der Waals surface area contributed by atoms with Gasteiger partial charge in [-0.3, -0.25) is 15.0 Å². The fourth-order valence-corrected chi connectivity index (χ4v) is 4.51. The normalized spacial score (nSPS) is 20.5. The molecule has 4 aromatic heterocycles. The highest BCUT2D eigenvalue weighted by Gasteiger charge is 2.45. The molecule has 4 aromatic rings. The average molecular weight is 447 g/mol. The van der Waals surface area contributed by atoms with Gasteiger partial charge in [-0.1, -0.05) is 0 Å². The molecule has 33 heavy (non-hydrogen) atoms. The van der Waals surface area contributed by atoms with E-state index >= 15 is 0 Å². The summed E-state index contributed by atoms with van der Waals surface area (Å²) in [4.78, 5) is 20.1. The number of fused-ring (bicyclic) bond motifs is 1. The molecule has 11 nitrogen and oxygen atoms in total. The van der Waals surface area contributed by atoms with Gasteiger partial charge in [0, 0.05) is 42.2 Å². The monoisotopic (exact) mass is 446 g/mol. The number of aromatic nitrogens is 7. The Balaban J connectivity index is 1.32. The molecule has 1 saturated carbocycles. The number of hydrogen-bond acceptors (Lipinski definition) is 7. The number of rotatable bonds is 6. The minimum absolute atomic E-state index is 0.126. The zero-order chi connectivity index (χ0) is 22.6. The molecule has 1 aliphatic heterocycles. The summed E-state index contributed by atoms with van der Waals surface area (Å²) in [6, 6.07) is 7.73. The maximum absolute atomic E-state index is 13.3. The summed E-state index contributed by atoms with van der Waals surface area (Å²) >= 11 is 0. The van der Waals surface area contributed by atoms with E-state index in [1.165, 1.54) is 12.8 Å². The van der Waals surface area contributed by atoms with Gasteiger partial charge in [0.15, 0.2) is 17.5 Å². The Kier molecular flexibility index (Phi) is 4.39. The molecule has 5 heterocycles. The Morgan fingerprint density at radius 1 is 1.21 bits per heavy atom. The van der Waals surface area contributed by atoms with Crippen LogP contribution in [0.3, 0.4) is 0 Å². The topological polar surface area (TPSA) is 132 Å². The van der Waals surface area contributed by atoms with Crippen molar-refractivity contribution >= 4 is 34.8 Å². The Morgan fingerprint density at radius 3 is 2.85 bits per heavy atom. The standard InChI is InChI=1S/C22H26N10O/c1-13-11-17(28-26-13)24-20(33)22(2)8-4-9-31(22)21-25-19(16-5-3-10-32(16)30-21)23-18-12-15(27-29-18)14-6-7-14/h3,5,10-12,14H,4,6-9H2,1-2H3,(H2,24,26,28,33)(H2,23,25,27,29,30)/t22-/m0/s1. The molecule has 0 bridgehead atoms. The van der Waals surface area contributed by atoms with Crippen molar-refractivity contribution < 1.29 is 4.79 Å². The van der Waals surface area contributed by atoms with Crippen LogP contribution in [0.25, 0.3) is 5.52 Å². The van der Waals surface area contributed by atoms with Crippen LogP contribution in [0.2, 0.25) is 0 Å². The fraction of sp³-hybridized carbons (Fsp3) is 0.409. The predicted molar refractivity (Wildman–Crippen MR) is 124 cm³/mol. The Hall–Kier alpha value is -3.89. The minimum Gasteiger partial charge on any atom is -0.325 e. The smallest absolute Gasteiger partial charge is 0.251 e. The van der Waals surface area contributed by atoms with Crippen LogP contribution < -0.4 is 15.5 Å². The highest BCUT2D eigenvalue weighted by atomic mass is 16.2. The van der Waals surface area contributed by atoms with Crippen molar-refractivity contribution in [1.29, 1.82) is 0 Å². The Bertz CT molecular complexity index is 1330. The molecule has 2 fully saturated rings. The number of hydrogen-bond donors (Lipinski definition) is 4. The van der Waals surface area contributed by atoms with Crippen molar-refractivity contribution in [3.05, 3.63) is 41.9 Å². The van der Waals surface area contributed by atoms with Crippen molar-refractivity contribution in [2.75, 3.05) is 22.1 Å². The lowest BCUT2D eigenvalue weighted by molar-refractivity contribution is -0.120. The number of nitrogens with one attached hydrogen (secondary N) is 4. The first-order valence-electron chi connectivity index (χ1n) is 11.3. The van der Waals surface area contributed by atoms with Crippen LogP contribution in [0.4, 0.5) is 23.4 Å². The molecule has 170 valence electrons. The van der Waals surface area contributed by atoms with Gasteiger partial charge in [0.2, 0.25) is 5.95 Å². The third-order valence-electron chi connectivity index (χ3n) is 6.56. The fourth-order valence-electron chi connectivity index (χ4n) is 4.51. The van der Waals surface area contributed by atoms with Crippen LogP contribution in [0, 0.1) is 6.92 Å².